The predicted octanol–water partition coefficient (Wildman–Crippen LogP) is 4.61. The topological polar surface area (TPSA) is 132 Å². The number of rotatable bonds is 7. The number of carbonyl (C=O) groups is 2. The maximum absolute atomic E-state index is 15.0. The number of anilines is 1. The van der Waals surface area contributed by atoms with Crippen molar-refractivity contribution in [2.45, 2.75) is 19.6 Å². The Kier molecular flexibility index (Phi) is 8.12. The Morgan fingerprint density at radius 3 is 2.48 bits per heavy atom. The van der Waals surface area contributed by atoms with Gasteiger partial charge in [-0.05, 0) is 48.0 Å². The van der Waals surface area contributed by atoms with Crippen molar-refractivity contribution in [2.24, 2.45) is 4.99 Å². The van der Waals surface area contributed by atoms with Crippen molar-refractivity contribution in [3.05, 3.63) is 101 Å². The highest BCUT2D eigenvalue weighted by atomic mass is 19.4. The largest absolute Gasteiger partial charge is 0.417 e. The lowest BCUT2D eigenvalue weighted by Crippen LogP contribution is -2.31. The van der Waals surface area contributed by atoms with Crippen molar-refractivity contribution in [3.8, 4) is 11.4 Å². The number of allylic oxidation sites excluding steroid dienone is 2. The molecule has 0 spiro atoms. The number of amides is 2. The minimum Gasteiger partial charge on any atom is -0.352 e. The number of benzene rings is 2. The summed E-state index contributed by atoms with van der Waals surface area (Å²) < 4.78 is 56.1. The minimum atomic E-state index is -4.94. The second-order valence-corrected chi connectivity index (χ2v) is 8.41. The molecule has 3 aromatic rings. The van der Waals surface area contributed by atoms with E-state index in [2.05, 4.69) is 30.9 Å². The molecule has 1 aliphatic heterocycles. The van der Waals surface area contributed by atoms with Gasteiger partial charge in [-0.25, -0.2) is 14.4 Å². The summed E-state index contributed by atoms with van der Waals surface area (Å²) >= 11 is 0. The Hall–Kier alpha value is -5.20. The average molecular weight is 552 g/mol. The van der Waals surface area contributed by atoms with Crippen molar-refractivity contribution in [3.63, 3.8) is 0 Å². The summed E-state index contributed by atoms with van der Waals surface area (Å²) in [5, 5.41) is 16.2. The molecule has 0 aliphatic carbocycles. The second-order valence-electron chi connectivity index (χ2n) is 8.41. The van der Waals surface area contributed by atoms with E-state index >= 15 is 0 Å². The van der Waals surface area contributed by atoms with E-state index in [4.69, 9.17) is 5.41 Å². The van der Waals surface area contributed by atoms with Crippen LogP contribution in [0.3, 0.4) is 0 Å². The van der Waals surface area contributed by atoms with Crippen LogP contribution in [-0.2, 0) is 17.5 Å². The summed E-state index contributed by atoms with van der Waals surface area (Å²) in [6.45, 7) is 1.59. The van der Waals surface area contributed by atoms with E-state index in [1.165, 1.54) is 43.8 Å². The van der Waals surface area contributed by atoms with Crippen LogP contribution in [0.5, 0.6) is 0 Å². The van der Waals surface area contributed by atoms with Crippen LogP contribution in [0.15, 0.2) is 83.5 Å². The molecule has 2 heterocycles. The van der Waals surface area contributed by atoms with Gasteiger partial charge in [0.1, 0.15) is 17.3 Å². The zero-order valence-corrected chi connectivity index (χ0v) is 20.8. The van der Waals surface area contributed by atoms with Crippen molar-refractivity contribution >= 4 is 29.4 Å². The van der Waals surface area contributed by atoms with Crippen LogP contribution < -0.4 is 16.0 Å². The first kappa shape index (κ1) is 27.8. The molecule has 2 amide bonds. The fourth-order valence-electron chi connectivity index (χ4n) is 3.67. The first-order valence-electron chi connectivity index (χ1n) is 11.7. The van der Waals surface area contributed by atoms with Gasteiger partial charge in [-0.2, -0.15) is 13.2 Å². The van der Waals surface area contributed by atoms with E-state index < -0.39 is 34.6 Å². The van der Waals surface area contributed by atoms with Crippen LogP contribution in [0.4, 0.5) is 23.2 Å². The Morgan fingerprint density at radius 1 is 1.05 bits per heavy atom. The highest BCUT2D eigenvalue weighted by Gasteiger charge is 2.36. The molecule has 0 saturated carbocycles. The molecule has 0 bridgehead atoms. The van der Waals surface area contributed by atoms with E-state index in [1.54, 1.807) is 24.3 Å². The average Bonchev–Trinajstić information content (AvgIpc) is 2.92. The van der Waals surface area contributed by atoms with Crippen molar-refractivity contribution in [1.29, 1.82) is 5.41 Å². The fourth-order valence-corrected chi connectivity index (χ4v) is 3.67. The third kappa shape index (κ3) is 6.62. The molecule has 204 valence electrons. The lowest BCUT2D eigenvalue weighted by molar-refractivity contribution is -0.137. The molecular formula is C27H21F4N7O2. The van der Waals surface area contributed by atoms with Gasteiger partial charge < -0.3 is 16.0 Å². The van der Waals surface area contributed by atoms with Crippen LogP contribution in [-0.4, -0.2) is 33.7 Å². The van der Waals surface area contributed by atoms with E-state index in [1.807, 2.05) is 0 Å². The third-order valence-electron chi connectivity index (χ3n) is 5.48. The van der Waals surface area contributed by atoms with Crippen molar-refractivity contribution in [2.75, 3.05) is 5.32 Å². The van der Waals surface area contributed by atoms with Gasteiger partial charge in [-0.3, -0.25) is 20.0 Å². The molecule has 9 nitrogen and oxygen atoms in total. The zero-order chi connectivity index (χ0) is 28.9. The van der Waals surface area contributed by atoms with Gasteiger partial charge in [0, 0.05) is 43.3 Å². The Balaban J connectivity index is 1.73. The van der Waals surface area contributed by atoms with Gasteiger partial charge in [0.25, 0.3) is 5.91 Å². The number of aromatic nitrogens is 2. The lowest BCUT2D eigenvalue weighted by atomic mass is 10.0. The Morgan fingerprint density at radius 2 is 1.80 bits per heavy atom. The number of hydrogen-bond donors (Lipinski definition) is 4. The first-order valence-corrected chi connectivity index (χ1v) is 11.7. The smallest absolute Gasteiger partial charge is 0.352 e. The zero-order valence-electron chi connectivity index (χ0n) is 20.8. The number of nitrogens with one attached hydrogen (secondary N) is 4. The van der Waals surface area contributed by atoms with Gasteiger partial charge in [-0.1, -0.05) is 12.1 Å². The number of hydrogen-bond acceptors (Lipinski definition) is 7. The quantitative estimate of drug-likeness (QED) is 0.319. The van der Waals surface area contributed by atoms with Crippen LogP contribution in [0, 0.1) is 11.2 Å². The molecule has 0 saturated heterocycles. The molecule has 2 aromatic carbocycles. The molecule has 13 heteroatoms. The van der Waals surface area contributed by atoms with Crippen LogP contribution in [0.2, 0.25) is 0 Å². The molecule has 4 N–H and O–H groups in total. The lowest BCUT2D eigenvalue weighted by Gasteiger charge is -2.18. The van der Waals surface area contributed by atoms with E-state index in [0.29, 0.717) is 11.3 Å². The Labute approximate surface area is 225 Å². The summed E-state index contributed by atoms with van der Waals surface area (Å²) in [7, 11) is 0. The normalized spacial score (nSPS) is 14.1. The maximum atomic E-state index is 15.0. The van der Waals surface area contributed by atoms with Gasteiger partial charge in [0.05, 0.1) is 16.8 Å². The number of alkyl halides is 3. The number of dihydropyridines is 1. The number of aliphatic imine (C=N–C) groups is 1. The summed E-state index contributed by atoms with van der Waals surface area (Å²) in [5.74, 6) is -3.23. The molecule has 0 fully saturated rings. The van der Waals surface area contributed by atoms with E-state index in [0.717, 1.165) is 6.07 Å². The summed E-state index contributed by atoms with van der Waals surface area (Å²) in [5.41, 5.74) is -1.61. The molecule has 0 radical (unpaired) electrons. The van der Waals surface area contributed by atoms with Crippen LogP contribution in [0.25, 0.3) is 11.4 Å². The van der Waals surface area contributed by atoms with Crippen molar-refractivity contribution < 1.29 is 27.2 Å². The minimum absolute atomic E-state index is 0.0120. The van der Waals surface area contributed by atoms with E-state index in [9.17, 15) is 27.2 Å². The molecule has 0 atom stereocenters. The molecule has 1 aliphatic rings. The molecule has 0 unspecified atom stereocenters. The number of nitrogens with zero attached hydrogens (tertiary/aromatic N) is 3. The van der Waals surface area contributed by atoms with Crippen LogP contribution in [0.1, 0.15) is 28.4 Å². The molecule has 40 heavy (non-hydrogen) atoms. The standard InChI is InChI=1S/C27H21F4N7O2/c1-15(39)36-14-16-5-2-6-17(11-16)37-25(23-22(32)7-3-8-33-23)38-26(40)19-12-18(24-34-9-4-10-35-24)20(13-21(19)28)27(29,30)31/h2-13,32,37H,14H2,1H3,(H,36,39)(H,38,40)/b25-23-,32-22?. The number of carbonyl (C=O) groups excluding carboxylic acids is 2. The van der Waals surface area contributed by atoms with E-state index in [-0.39, 0.29) is 41.6 Å². The molecule has 4 rings (SSSR count). The van der Waals surface area contributed by atoms with Gasteiger partial charge >= 0.3 is 6.18 Å². The first-order chi connectivity index (χ1) is 19.0. The fraction of sp³-hybridized carbons (Fsp3) is 0.111. The van der Waals surface area contributed by atoms with Gasteiger partial charge in [-0.15, -0.1) is 0 Å². The Bertz CT molecular complexity index is 1560. The highest BCUT2D eigenvalue weighted by Crippen LogP contribution is 2.37. The second kappa shape index (κ2) is 11.7. The number of halogens is 4. The molecular weight excluding hydrogens is 530 g/mol. The van der Waals surface area contributed by atoms with Crippen LogP contribution >= 0.6 is 0 Å². The van der Waals surface area contributed by atoms with Crippen molar-refractivity contribution in [1.82, 2.24) is 20.6 Å². The highest BCUT2D eigenvalue weighted by molar-refractivity contribution is 6.12. The van der Waals surface area contributed by atoms with Gasteiger partial charge in [0.2, 0.25) is 5.91 Å². The predicted molar refractivity (Wildman–Crippen MR) is 140 cm³/mol. The SMILES string of the molecule is CC(=O)NCc1cccc(N/C(NC(=O)c2cc(-c3ncccn3)c(C(F)(F)F)cc2F)=C2/N=CC=CC2=N)c1. The summed E-state index contributed by atoms with van der Waals surface area (Å²) in [6, 6.07) is 9.08. The monoisotopic (exact) mass is 551 g/mol. The third-order valence-corrected chi connectivity index (χ3v) is 5.48. The van der Waals surface area contributed by atoms with Gasteiger partial charge in [0.15, 0.2) is 5.82 Å². The summed E-state index contributed by atoms with van der Waals surface area (Å²) in [4.78, 5) is 36.3. The maximum Gasteiger partial charge on any atom is 0.417 e. The molecule has 1 aromatic heterocycles. The summed E-state index contributed by atoms with van der Waals surface area (Å²) in [6.07, 6.45) is 1.78.